The van der Waals surface area contributed by atoms with E-state index in [4.69, 9.17) is 6.42 Å². The average molecular weight is 322 g/mol. The lowest BCUT2D eigenvalue weighted by atomic mass is 10.3. The van der Waals surface area contributed by atoms with Gasteiger partial charge in [-0.1, -0.05) is 6.07 Å². The fourth-order valence-corrected chi connectivity index (χ4v) is 2.57. The zero-order chi connectivity index (χ0) is 16.0. The quantitative estimate of drug-likeness (QED) is 0.200. The summed E-state index contributed by atoms with van der Waals surface area (Å²) in [6.07, 6.45) is 8.14. The average Bonchev–Trinajstić information content (AvgIpc) is 2.51. The molecular formula is C15H22N4O2S. The molecule has 1 unspecified atom stereocenters. The summed E-state index contributed by atoms with van der Waals surface area (Å²) in [5, 5.41) is 16.9. The third-order valence-corrected chi connectivity index (χ3v) is 3.83. The summed E-state index contributed by atoms with van der Waals surface area (Å²) in [7, 11) is 0. The van der Waals surface area contributed by atoms with Gasteiger partial charge in [0.1, 0.15) is 6.17 Å². The van der Waals surface area contributed by atoms with Crippen molar-refractivity contribution in [2.75, 3.05) is 25.4 Å². The summed E-state index contributed by atoms with van der Waals surface area (Å²) < 4.78 is 0. The van der Waals surface area contributed by atoms with E-state index in [-0.39, 0.29) is 17.6 Å². The number of nitrogens with zero attached hydrogens (tertiary/aromatic N) is 2. The summed E-state index contributed by atoms with van der Waals surface area (Å²) in [5.74, 6) is 4.27. The molecule has 120 valence electrons. The zero-order valence-electron chi connectivity index (χ0n) is 12.5. The summed E-state index contributed by atoms with van der Waals surface area (Å²) in [6, 6.07) is 5.85. The first-order chi connectivity index (χ1) is 10.7. The number of terminal acetylenes is 1. The van der Waals surface area contributed by atoms with E-state index >= 15 is 0 Å². The van der Waals surface area contributed by atoms with Gasteiger partial charge < -0.3 is 0 Å². The molecule has 0 amide bonds. The fourth-order valence-electron chi connectivity index (χ4n) is 1.78. The van der Waals surface area contributed by atoms with Gasteiger partial charge in [0.15, 0.2) is 0 Å². The maximum Gasteiger partial charge on any atom is 0.231 e. The van der Waals surface area contributed by atoms with Crippen molar-refractivity contribution in [3.05, 3.63) is 40.2 Å². The second kappa shape index (κ2) is 12.0. The van der Waals surface area contributed by atoms with Crippen LogP contribution in [0.4, 0.5) is 0 Å². The zero-order valence-corrected chi connectivity index (χ0v) is 13.3. The Bertz CT molecular complexity index is 464. The highest BCUT2D eigenvalue weighted by Gasteiger charge is 2.13. The van der Waals surface area contributed by atoms with Crippen molar-refractivity contribution in [2.24, 2.45) is 0 Å². The second-order valence-corrected chi connectivity index (χ2v) is 5.76. The molecule has 7 heteroatoms. The third kappa shape index (κ3) is 9.34. The highest BCUT2D eigenvalue weighted by molar-refractivity contribution is 7.98. The number of nitrogens with one attached hydrogen (secondary N) is 2. The van der Waals surface area contributed by atoms with Crippen molar-refractivity contribution < 1.29 is 4.92 Å². The van der Waals surface area contributed by atoms with Gasteiger partial charge in [0.05, 0.1) is 5.69 Å². The Morgan fingerprint density at radius 3 is 2.91 bits per heavy atom. The van der Waals surface area contributed by atoms with Crippen LogP contribution in [0.15, 0.2) is 24.4 Å². The monoisotopic (exact) mass is 322 g/mol. The number of thioether (sulfide) groups is 1. The van der Waals surface area contributed by atoms with Gasteiger partial charge >= 0.3 is 0 Å². The number of unbranched alkanes of at least 4 members (excludes halogenated alkanes) is 1. The molecule has 1 atom stereocenters. The summed E-state index contributed by atoms with van der Waals surface area (Å²) in [4.78, 5) is 14.6. The van der Waals surface area contributed by atoms with Gasteiger partial charge in [-0.25, -0.2) is 0 Å². The maximum atomic E-state index is 10.7. The number of hydrogen-bond donors (Lipinski definition) is 2. The number of rotatable bonds is 12. The lowest BCUT2D eigenvalue weighted by molar-refractivity contribution is -0.484. The molecule has 0 radical (unpaired) electrons. The summed E-state index contributed by atoms with van der Waals surface area (Å²) in [5.41, 5.74) is 1.04. The van der Waals surface area contributed by atoms with Gasteiger partial charge in [0.2, 0.25) is 6.54 Å². The predicted octanol–water partition coefficient (Wildman–Crippen LogP) is 1.51. The number of nitro groups is 1. The van der Waals surface area contributed by atoms with Crippen LogP contribution in [0.25, 0.3) is 0 Å². The minimum Gasteiger partial charge on any atom is -0.296 e. The molecule has 2 N–H and O–H groups in total. The first-order valence-electron chi connectivity index (χ1n) is 7.22. The highest BCUT2D eigenvalue weighted by Crippen LogP contribution is 2.08. The van der Waals surface area contributed by atoms with Gasteiger partial charge in [0.25, 0.3) is 0 Å². The van der Waals surface area contributed by atoms with E-state index in [1.54, 1.807) is 18.0 Å². The minimum atomic E-state index is -0.316. The number of aromatic nitrogens is 1. The van der Waals surface area contributed by atoms with E-state index in [0.29, 0.717) is 19.5 Å². The molecule has 1 aromatic rings. The molecule has 0 bridgehead atoms. The molecule has 0 aromatic carbocycles. The van der Waals surface area contributed by atoms with Crippen molar-refractivity contribution >= 4 is 11.8 Å². The first-order valence-corrected chi connectivity index (χ1v) is 8.37. The Morgan fingerprint density at radius 1 is 1.41 bits per heavy atom. The van der Waals surface area contributed by atoms with Crippen LogP contribution in [-0.4, -0.2) is 41.5 Å². The van der Waals surface area contributed by atoms with Gasteiger partial charge in [-0.15, -0.1) is 12.3 Å². The van der Waals surface area contributed by atoms with E-state index in [0.717, 1.165) is 23.6 Å². The smallest absolute Gasteiger partial charge is 0.231 e. The number of pyridine rings is 1. The molecule has 0 aliphatic heterocycles. The molecule has 1 rings (SSSR count). The van der Waals surface area contributed by atoms with Crippen LogP contribution in [0.5, 0.6) is 0 Å². The molecule has 0 aliphatic rings. The van der Waals surface area contributed by atoms with E-state index in [2.05, 4.69) is 21.5 Å². The fraction of sp³-hybridized carbons (Fsp3) is 0.533. The molecular weight excluding hydrogens is 300 g/mol. The van der Waals surface area contributed by atoms with Gasteiger partial charge in [0, 0.05) is 35.6 Å². The van der Waals surface area contributed by atoms with E-state index in [1.165, 1.54) is 0 Å². The standard InChI is InChI=1S/C15H22N4O2S/c1-2-3-5-9-17-15(12-19(20)21)18-10-11-22-13-14-7-4-6-8-16-14/h1,4,6-8,15,17-18H,3,5,9-13H2. The predicted molar refractivity (Wildman–Crippen MR) is 90.1 cm³/mol. The van der Waals surface area contributed by atoms with Crippen LogP contribution >= 0.6 is 11.8 Å². The highest BCUT2D eigenvalue weighted by atomic mass is 32.2. The molecule has 22 heavy (non-hydrogen) atoms. The van der Waals surface area contributed by atoms with Crippen molar-refractivity contribution in [1.29, 1.82) is 0 Å². The largest absolute Gasteiger partial charge is 0.296 e. The van der Waals surface area contributed by atoms with Gasteiger partial charge in [-0.3, -0.25) is 25.7 Å². The number of hydrogen-bond acceptors (Lipinski definition) is 6. The molecule has 1 aromatic heterocycles. The molecule has 0 aliphatic carbocycles. The SMILES string of the molecule is C#CCCCNC(C[N+](=O)[O-])NCCSCc1ccccn1. The van der Waals surface area contributed by atoms with Crippen LogP contribution in [0.3, 0.4) is 0 Å². The van der Waals surface area contributed by atoms with Gasteiger partial charge in [-0.05, 0) is 25.1 Å². The Labute approximate surface area is 135 Å². The lowest BCUT2D eigenvalue weighted by Gasteiger charge is -2.16. The summed E-state index contributed by atoms with van der Waals surface area (Å²) >= 11 is 1.75. The third-order valence-electron chi connectivity index (χ3n) is 2.83. The van der Waals surface area contributed by atoms with Crippen LogP contribution in [-0.2, 0) is 5.75 Å². The van der Waals surface area contributed by atoms with Gasteiger partial charge in [-0.2, -0.15) is 11.8 Å². The van der Waals surface area contributed by atoms with E-state index in [1.807, 2.05) is 18.2 Å². The molecule has 6 nitrogen and oxygen atoms in total. The normalized spacial score (nSPS) is 11.8. The lowest BCUT2D eigenvalue weighted by Crippen LogP contribution is -2.48. The molecule has 0 spiro atoms. The molecule has 0 saturated heterocycles. The van der Waals surface area contributed by atoms with E-state index in [9.17, 15) is 10.1 Å². The van der Waals surface area contributed by atoms with Crippen molar-refractivity contribution in [1.82, 2.24) is 15.6 Å². The van der Waals surface area contributed by atoms with Crippen molar-refractivity contribution in [3.63, 3.8) is 0 Å². The van der Waals surface area contributed by atoms with Crippen molar-refractivity contribution in [3.8, 4) is 12.3 Å². The first kappa shape index (κ1) is 18.4. The van der Waals surface area contributed by atoms with Crippen LogP contribution in [0.2, 0.25) is 0 Å². The Kier molecular flexibility index (Phi) is 10.0. The minimum absolute atomic E-state index is 0.138. The molecule has 0 saturated carbocycles. The summed E-state index contributed by atoms with van der Waals surface area (Å²) in [6.45, 7) is 1.25. The van der Waals surface area contributed by atoms with Crippen molar-refractivity contribution in [2.45, 2.75) is 24.8 Å². The van der Waals surface area contributed by atoms with E-state index < -0.39 is 0 Å². The topological polar surface area (TPSA) is 80.1 Å². The Morgan fingerprint density at radius 2 is 2.23 bits per heavy atom. The van der Waals surface area contributed by atoms with Crippen LogP contribution in [0.1, 0.15) is 18.5 Å². The Balaban J connectivity index is 2.16. The van der Waals surface area contributed by atoms with Crippen LogP contribution in [0, 0.1) is 22.5 Å². The molecule has 0 fully saturated rings. The molecule has 1 heterocycles. The van der Waals surface area contributed by atoms with Crippen LogP contribution < -0.4 is 10.6 Å². The Hall–Kier alpha value is -1.62. The second-order valence-electron chi connectivity index (χ2n) is 4.66. The maximum absolute atomic E-state index is 10.7.